The lowest BCUT2D eigenvalue weighted by molar-refractivity contribution is 0.0301. The number of fused-ring (bicyclic) bond motifs is 1. The second kappa shape index (κ2) is 7.82. The summed E-state index contributed by atoms with van der Waals surface area (Å²) >= 11 is 0. The lowest BCUT2D eigenvalue weighted by Crippen LogP contribution is -2.11. The third kappa shape index (κ3) is 3.54. The zero-order valence-electron chi connectivity index (χ0n) is 15.1. The Morgan fingerprint density at radius 3 is 2.52 bits per heavy atom. The summed E-state index contributed by atoms with van der Waals surface area (Å²) in [7, 11) is 1.64. The van der Waals surface area contributed by atoms with Gasteiger partial charge in [0.05, 0.1) is 18.9 Å². The van der Waals surface area contributed by atoms with E-state index in [1.807, 2.05) is 48.5 Å². The smallest absolute Gasteiger partial charge is 0.215 e. The van der Waals surface area contributed by atoms with Crippen LogP contribution in [0.25, 0.3) is 0 Å². The first kappa shape index (κ1) is 17.6. The van der Waals surface area contributed by atoms with Gasteiger partial charge in [-0.2, -0.15) is 0 Å². The molecule has 138 valence electrons. The molecule has 0 saturated carbocycles. The minimum Gasteiger partial charge on any atom is -0.376 e. The van der Waals surface area contributed by atoms with Crippen molar-refractivity contribution in [2.45, 2.75) is 25.2 Å². The van der Waals surface area contributed by atoms with E-state index in [0.29, 0.717) is 30.9 Å². The molecular weight excluding hydrogens is 342 g/mol. The van der Waals surface area contributed by atoms with E-state index in [9.17, 15) is 4.79 Å². The van der Waals surface area contributed by atoms with Crippen LogP contribution < -0.4 is 0 Å². The molecular formula is C21H21N3O3. The molecule has 0 N–H and O–H groups in total. The van der Waals surface area contributed by atoms with Crippen LogP contribution in [0.3, 0.4) is 0 Å². The molecule has 0 spiro atoms. The zero-order valence-corrected chi connectivity index (χ0v) is 15.1. The van der Waals surface area contributed by atoms with Crippen LogP contribution in [-0.4, -0.2) is 34.5 Å². The van der Waals surface area contributed by atoms with Crippen molar-refractivity contribution in [1.29, 1.82) is 0 Å². The standard InChI is InChI=1S/C21H21N3O3/c1-26-18-12-17(14-27-13-15-8-4-2-5-9-15)20-19(22-23-24(18)20)21(25)16-10-6-3-7-11-16/h2-11,17-18H,12-14H2,1H3/t17-,18-/m0/s1. The van der Waals surface area contributed by atoms with Gasteiger partial charge in [-0.25, -0.2) is 4.68 Å². The summed E-state index contributed by atoms with van der Waals surface area (Å²) in [5.74, 6) is -0.113. The predicted molar refractivity (Wildman–Crippen MR) is 99.4 cm³/mol. The third-order valence-electron chi connectivity index (χ3n) is 4.83. The number of hydrogen-bond donors (Lipinski definition) is 0. The summed E-state index contributed by atoms with van der Waals surface area (Å²) < 4.78 is 13.2. The molecule has 1 aliphatic rings. The number of aromatic nitrogens is 3. The second-order valence-electron chi connectivity index (χ2n) is 6.59. The molecule has 6 heteroatoms. The molecule has 3 aromatic rings. The second-order valence-corrected chi connectivity index (χ2v) is 6.59. The van der Waals surface area contributed by atoms with E-state index in [1.54, 1.807) is 23.9 Å². The van der Waals surface area contributed by atoms with Crippen molar-refractivity contribution in [3.8, 4) is 0 Å². The van der Waals surface area contributed by atoms with Crippen molar-refractivity contribution in [3.05, 3.63) is 83.2 Å². The molecule has 27 heavy (non-hydrogen) atoms. The number of hydrogen-bond acceptors (Lipinski definition) is 5. The van der Waals surface area contributed by atoms with E-state index < -0.39 is 0 Å². The number of rotatable bonds is 7. The van der Waals surface area contributed by atoms with E-state index in [4.69, 9.17) is 9.47 Å². The fourth-order valence-electron chi connectivity index (χ4n) is 3.47. The van der Waals surface area contributed by atoms with Gasteiger partial charge in [0.1, 0.15) is 0 Å². The lowest BCUT2D eigenvalue weighted by Gasteiger charge is -2.12. The average molecular weight is 363 g/mol. The largest absolute Gasteiger partial charge is 0.376 e. The van der Waals surface area contributed by atoms with E-state index >= 15 is 0 Å². The van der Waals surface area contributed by atoms with Gasteiger partial charge < -0.3 is 9.47 Å². The maximum Gasteiger partial charge on any atom is 0.215 e. The topological polar surface area (TPSA) is 66.2 Å². The monoisotopic (exact) mass is 363 g/mol. The summed E-state index contributed by atoms with van der Waals surface area (Å²) in [5.41, 5.74) is 2.90. The van der Waals surface area contributed by atoms with Gasteiger partial charge in [-0.15, -0.1) is 5.10 Å². The van der Waals surface area contributed by atoms with Crippen LogP contribution in [0.4, 0.5) is 0 Å². The van der Waals surface area contributed by atoms with Gasteiger partial charge in [0.2, 0.25) is 5.78 Å². The number of ether oxygens (including phenoxy) is 2. The van der Waals surface area contributed by atoms with Gasteiger partial charge in [-0.05, 0) is 5.56 Å². The summed E-state index contributed by atoms with van der Waals surface area (Å²) in [6, 6.07) is 19.2. The molecule has 1 aliphatic heterocycles. The molecule has 2 aromatic carbocycles. The highest BCUT2D eigenvalue weighted by Gasteiger charge is 2.37. The van der Waals surface area contributed by atoms with Crippen molar-refractivity contribution in [3.63, 3.8) is 0 Å². The fourth-order valence-corrected chi connectivity index (χ4v) is 3.47. The van der Waals surface area contributed by atoms with Gasteiger partial charge in [-0.1, -0.05) is 65.9 Å². The molecule has 2 heterocycles. The number of nitrogens with zero attached hydrogens (tertiary/aromatic N) is 3. The first-order valence-corrected chi connectivity index (χ1v) is 8.97. The highest BCUT2D eigenvalue weighted by molar-refractivity contribution is 6.08. The fraction of sp³-hybridized carbons (Fsp3) is 0.286. The molecule has 0 bridgehead atoms. The minimum absolute atomic E-state index is 0.0105. The first-order valence-electron chi connectivity index (χ1n) is 8.97. The zero-order chi connectivity index (χ0) is 18.6. The van der Waals surface area contributed by atoms with E-state index in [-0.39, 0.29) is 17.9 Å². The average Bonchev–Trinajstić information content (AvgIpc) is 3.30. The van der Waals surface area contributed by atoms with Crippen LogP contribution in [0.5, 0.6) is 0 Å². The highest BCUT2D eigenvalue weighted by Crippen LogP contribution is 2.38. The van der Waals surface area contributed by atoms with Crippen LogP contribution in [-0.2, 0) is 16.1 Å². The third-order valence-corrected chi connectivity index (χ3v) is 4.83. The SMILES string of the molecule is CO[C@H]1C[C@@H](COCc2ccccc2)c2c(C(=O)c3ccccc3)nnn21. The van der Waals surface area contributed by atoms with Crippen LogP contribution in [0.2, 0.25) is 0 Å². The summed E-state index contributed by atoms with van der Waals surface area (Å²) in [6.45, 7) is 1.01. The van der Waals surface area contributed by atoms with Crippen LogP contribution >= 0.6 is 0 Å². The number of benzene rings is 2. The molecule has 2 atom stereocenters. The maximum absolute atomic E-state index is 12.9. The normalized spacial score (nSPS) is 18.4. The van der Waals surface area contributed by atoms with Gasteiger partial charge in [0.25, 0.3) is 0 Å². The quantitative estimate of drug-likeness (QED) is 0.602. The van der Waals surface area contributed by atoms with Crippen molar-refractivity contribution >= 4 is 5.78 Å². The highest BCUT2D eigenvalue weighted by atomic mass is 16.5. The van der Waals surface area contributed by atoms with Crippen molar-refractivity contribution < 1.29 is 14.3 Å². The van der Waals surface area contributed by atoms with Crippen molar-refractivity contribution in [2.75, 3.05) is 13.7 Å². The number of carbonyl (C=O) groups is 1. The Morgan fingerprint density at radius 1 is 1.11 bits per heavy atom. The molecule has 6 nitrogen and oxygen atoms in total. The van der Waals surface area contributed by atoms with E-state index in [0.717, 1.165) is 11.3 Å². The molecule has 1 aromatic heterocycles. The van der Waals surface area contributed by atoms with Gasteiger partial charge in [0.15, 0.2) is 11.9 Å². The summed E-state index contributed by atoms with van der Waals surface area (Å²) in [4.78, 5) is 12.9. The molecule has 0 saturated heterocycles. The van der Waals surface area contributed by atoms with Gasteiger partial charge in [-0.3, -0.25) is 4.79 Å². The maximum atomic E-state index is 12.9. The Kier molecular flexibility index (Phi) is 5.09. The Labute approximate surface area is 157 Å². The van der Waals surface area contributed by atoms with E-state index in [1.165, 1.54) is 0 Å². The molecule has 0 unspecified atom stereocenters. The van der Waals surface area contributed by atoms with Crippen LogP contribution in [0, 0.1) is 0 Å². The van der Waals surface area contributed by atoms with Crippen molar-refractivity contribution in [2.24, 2.45) is 0 Å². The molecule has 0 amide bonds. The Balaban J connectivity index is 1.54. The minimum atomic E-state index is -0.227. The number of carbonyl (C=O) groups excluding carboxylic acids is 1. The molecule has 0 radical (unpaired) electrons. The van der Waals surface area contributed by atoms with Crippen LogP contribution in [0.15, 0.2) is 60.7 Å². The van der Waals surface area contributed by atoms with E-state index in [2.05, 4.69) is 10.3 Å². The molecule has 0 aliphatic carbocycles. The van der Waals surface area contributed by atoms with Gasteiger partial charge in [0, 0.05) is 25.0 Å². The van der Waals surface area contributed by atoms with Gasteiger partial charge >= 0.3 is 0 Å². The molecule has 0 fully saturated rings. The summed E-state index contributed by atoms with van der Waals surface area (Å²) in [5, 5.41) is 8.33. The Hall–Kier alpha value is -2.83. The predicted octanol–water partition coefficient (Wildman–Crippen LogP) is 3.36. The Morgan fingerprint density at radius 2 is 1.81 bits per heavy atom. The number of methoxy groups -OCH3 is 1. The lowest BCUT2D eigenvalue weighted by atomic mass is 9.99. The van der Waals surface area contributed by atoms with Crippen LogP contribution in [0.1, 0.15) is 45.9 Å². The Bertz CT molecular complexity index is 909. The first-order chi connectivity index (χ1) is 13.3. The summed E-state index contributed by atoms with van der Waals surface area (Å²) in [6.07, 6.45) is 0.487. The number of ketones is 1. The molecule has 4 rings (SSSR count). The van der Waals surface area contributed by atoms with Crippen molar-refractivity contribution in [1.82, 2.24) is 15.0 Å².